The van der Waals surface area contributed by atoms with Gasteiger partial charge in [0.15, 0.2) is 0 Å². The average molecular weight is 228 g/mol. The van der Waals surface area contributed by atoms with Gasteiger partial charge in [0.25, 0.3) is 0 Å². The number of nitrogens with two attached hydrogens (primary N) is 1. The molecule has 0 atom stereocenters. The zero-order chi connectivity index (χ0) is 11.3. The highest BCUT2D eigenvalue weighted by Gasteiger charge is 2.11. The molecule has 1 heterocycles. The minimum absolute atomic E-state index is 0.288. The quantitative estimate of drug-likeness (QED) is 0.768. The summed E-state index contributed by atoms with van der Waals surface area (Å²) < 4.78 is 3.78. The zero-order valence-electron chi connectivity index (χ0n) is 9.01. The molecule has 0 unspecified atom stereocenters. The minimum atomic E-state index is -0.298. The van der Waals surface area contributed by atoms with E-state index in [1.54, 1.807) is 6.20 Å². The molecule has 0 aliphatic heterocycles. The highest BCUT2D eigenvalue weighted by Crippen LogP contribution is 2.08. The van der Waals surface area contributed by atoms with Crippen molar-refractivity contribution in [1.82, 2.24) is 14.5 Å². The molecule has 15 heavy (non-hydrogen) atoms. The maximum Gasteiger partial charge on any atom is 0.231 e. The number of carbonyl (C=O) groups is 1. The van der Waals surface area contributed by atoms with Gasteiger partial charge >= 0.3 is 0 Å². The lowest BCUT2D eigenvalue weighted by atomic mass is 10.2. The molecule has 0 saturated heterocycles. The molecule has 0 saturated carbocycles. The summed E-state index contributed by atoms with van der Waals surface area (Å²) in [5.41, 5.74) is 5.19. The van der Waals surface area contributed by atoms with Crippen LogP contribution < -0.4 is 5.73 Å². The van der Waals surface area contributed by atoms with Gasteiger partial charge in [-0.05, 0) is 17.5 Å². The molecule has 0 aromatic carbocycles. The second-order valence-corrected chi connectivity index (χ2v) is 4.78. The zero-order valence-corrected chi connectivity index (χ0v) is 9.83. The predicted molar refractivity (Wildman–Crippen MR) is 59.2 cm³/mol. The van der Waals surface area contributed by atoms with Crippen molar-refractivity contribution in [3.8, 4) is 0 Å². The van der Waals surface area contributed by atoms with Crippen LogP contribution in [0.4, 0.5) is 0 Å². The van der Waals surface area contributed by atoms with Crippen molar-refractivity contribution in [3.63, 3.8) is 0 Å². The smallest absolute Gasteiger partial charge is 0.231 e. The number of amides is 1. The molecule has 0 aliphatic carbocycles. The monoisotopic (exact) mass is 228 g/mol. The maximum atomic E-state index is 10.9. The summed E-state index contributed by atoms with van der Waals surface area (Å²) in [6.45, 7) is 6.05. The van der Waals surface area contributed by atoms with E-state index in [0.29, 0.717) is 12.5 Å². The molecule has 1 aromatic heterocycles. The molecule has 0 bridgehead atoms. The first-order valence-corrected chi connectivity index (χ1v) is 5.62. The van der Waals surface area contributed by atoms with Crippen LogP contribution >= 0.6 is 11.5 Å². The van der Waals surface area contributed by atoms with Gasteiger partial charge in [-0.3, -0.25) is 9.69 Å². The van der Waals surface area contributed by atoms with Crippen LogP contribution in [0.3, 0.4) is 0 Å². The van der Waals surface area contributed by atoms with Crippen LogP contribution in [0.5, 0.6) is 0 Å². The fourth-order valence-corrected chi connectivity index (χ4v) is 1.93. The molecule has 0 aliphatic rings. The van der Waals surface area contributed by atoms with E-state index < -0.39 is 0 Å². The largest absolute Gasteiger partial charge is 0.369 e. The highest BCUT2D eigenvalue weighted by atomic mass is 32.1. The van der Waals surface area contributed by atoms with Crippen molar-refractivity contribution < 1.29 is 4.79 Å². The molecule has 0 spiro atoms. The first kappa shape index (κ1) is 12.1. The topological polar surface area (TPSA) is 72.1 Å². The third-order valence-corrected chi connectivity index (χ3v) is 2.43. The second kappa shape index (κ2) is 5.77. The van der Waals surface area contributed by atoms with Gasteiger partial charge in [-0.1, -0.05) is 18.3 Å². The number of hydrogen-bond donors (Lipinski definition) is 1. The fraction of sp³-hybridized carbons (Fsp3) is 0.667. The Hall–Kier alpha value is -1.01. The highest BCUT2D eigenvalue weighted by molar-refractivity contribution is 7.05. The molecular weight excluding hydrogens is 212 g/mol. The van der Waals surface area contributed by atoms with E-state index in [2.05, 4.69) is 23.4 Å². The Morgan fingerprint density at radius 1 is 1.67 bits per heavy atom. The second-order valence-electron chi connectivity index (χ2n) is 3.91. The summed E-state index contributed by atoms with van der Waals surface area (Å²) in [6, 6.07) is 0. The molecule has 1 aromatic rings. The molecule has 84 valence electrons. The number of rotatable bonds is 6. The number of hydrogen-bond acceptors (Lipinski definition) is 5. The van der Waals surface area contributed by atoms with Crippen LogP contribution in [0, 0.1) is 5.92 Å². The van der Waals surface area contributed by atoms with Gasteiger partial charge < -0.3 is 5.73 Å². The lowest BCUT2D eigenvalue weighted by Gasteiger charge is -2.21. The lowest BCUT2D eigenvalue weighted by Crippen LogP contribution is -2.35. The van der Waals surface area contributed by atoms with Crippen molar-refractivity contribution in [3.05, 3.63) is 11.1 Å². The molecule has 2 N–H and O–H groups in total. The molecule has 5 nitrogen and oxygen atoms in total. The van der Waals surface area contributed by atoms with Crippen LogP contribution in [0.15, 0.2) is 6.20 Å². The van der Waals surface area contributed by atoms with Crippen LogP contribution in [0.1, 0.15) is 18.7 Å². The van der Waals surface area contributed by atoms with Crippen LogP contribution in [0.25, 0.3) is 0 Å². The van der Waals surface area contributed by atoms with Crippen molar-refractivity contribution in [2.45, 2.75) is 20.4 Å². The van der Waals surface area contributed by atoms with Crippen molar-refractivity contribution >= 4 is 17.4 Å². The van der Waals surface area contributed by atoms with Gasteiger partial charge in [0.1, 0.15) is 0 Å². The van der Waals surface area contributed by atoms with Gasteiger partial charge in [0, 0.05) is 13.1 Å². The van der Waals surface area contributed by atoms with Gasteiger partial charge in [-0.2, -0.15) is 0 Å². The van der Waals surface area contributed by atoms with Crippen LogP contribution in [-0.2, 0) is 11.3 Å². The molecule has 0 fully saturated rings. The van der Waals surface area contributed by atoms with Gasteiger partial charge in [-0.25, -0.2) is 0 Å². The third kappa shape index (κ3) is 4.85. The molecular formula is C9H16N4OS. The summed E-state index contributed by atoms with van der Waals surface area (Å²) in [7, 11) is 0. The Bertz CT molecular complexity index is 299. The summed E-state index contributed by atoms with van der Waals surface area (Å²) in [5, 5.41) is 3.76. The number of primary amides is 1. The van der Waals surface area contributed by atoms with Gasteiger partial charge in [0.2, 0.25) is 5.91 Å². The Balaban J connectivity index is 2.52. The van der Waals surface area contributed by atoms with Crippen LogP contribution in [0.2, 0.25) is 0 Å². The first-order valence-electron chi connectivity index (χ1n) is 4.85. The van der Waals surface area contributed by atoms with E-state index in [-0.39, 0.29) is 12.5 Å². The standard InChI is InChI=1S/C9H16N4OS/c1-7(2)4-13(6-9(10)14)5-8-3-11-12-15-8/h3,7H,4-6H2,1-2H3,(H2,10,14). The maximum absolute atomic E-state index is 10.9. The van der Waals surface area contributed by atoms with E-state index in [1.807, 2.05) is 4.90 Å². The molecule has 6 heteroatoms. The Labute approximate surface area is 93.4 Å². The Kier molecular flexibility index (Phi) is 4.64. The van der Waals surface area contributed by atoms with Crippen LogP contribution in [-0.4, -0.2) is 33.5 Å². The van der Waals surface area contributed by atoms with E-state index in [0.717, 1.165) is 11.4 Å². The number of aromatic nitrogens is 2. The fourth-order valence-electron chi connectivity index (χ4n) is 1.40. The lowest BCUT2D eigenvalue weighted by molar-refractivity contribution is -0.119. The third-order valence-electron chi connectivity index (χ3n) is 1.79. The summed E-state index contributed by atoms with van der Waals surface area (Å²) in [5.74, 6) is 0.207. The van der Waals surface area contributed by atoms with Crippen molar-refractivity contribution in [1.29, 1.82) is 0 Å². The average Bonchev–Trinajstić information content (AvgIpc) is 2.53. The number of carbonyl (C=O) groups excluding carboxylic acids is 1. The molecule has 0 radical (unpaired) electrons. The normalized spacial score (nSPS) is 11.2. The molecule has 1 amide bonds. The first-order chi connectivity index (χ1) is 7.08. The van der Waals surface area contributed by atoms with Crippen molar-refractivity contribution in [2.24, 2.45) is 11.7 Å². The van der Waals surface area contributed by atoms with E-state index in [9.17, 15) is 4.79 Å². The van der Waals surface area contributed by atoms with Gasteiger partial charge in [0.05, 0.1) is 17.6 Å². The van der Waals surface area contributed by atoms with E-state index in [4.69, 9.17) is 5.73 Å². The number of nitrogens with zero attached hydrogens (tertiary/aromatic N) is 3. The summed E-state index contributed by atoms with van der Waals surface area (Å²) in [4.78, 5) is 13.9. The minimum Gasteiger partial charge on any atom is -0.369 e. The SMILES string of the molecule is CC(C)CN(CC(N)=O)Cc1cnns1. The Morgan fingerprint density at radius 3 is 2.87 bits per heavy atom. The van der Waals surface area contributed by atoms with Crippen molar-refractivity contribution in [2.75, 3.05) is 13.1 Å². The summed E-state index contributed by atoms with van der Waals surface area (Å²) in [6.07, 6.45) is 1.72. The van der Waals surface area contributed by atoms with E-state index in [1.165, 1.54) is 11.5 Å². The summed E-state index contributed by atoms with van der Waals surface area (Å²) >= 11 is 1.35. The Morgan fingerprint density at radius 2 is 2.40 bits per heavy atom. The molecule has 1 rings (SSSR count). The predicted octanol–water partition coefficient (Wildman–Crippen LogP) is 0.481. The van der Waals surface area contributed by atoms with E-state index >= 15 is 0 Å². The van der Waals surface area contributed by atoms with Gasteiger partial charge in [-0.15, -0.1) is 5.10 Å².